The zero-order valence-corrected chi connectivity index (χ0v) is 11.9. The average molecular weight is 280 g/mol. The molecule has 96 valence electrons. The van der Waals surface area contributed by atoms with Gasteiger partial charge in [0.15, 0.2) is 0 Å². The lowest BCUT2D eigenvalue weighted by Gasteiger charge is -2.21. The summed E-state index contributed by atoms with van der Waals surface area (Å²) in [5.74, 6) is 0. The van der Waals surface area contributed by atoms with Gasteiger partial charge < -0.3 is 10.5 Å². The number of nitrogens with two attached hydrogens (primary N) is 1. The second kappa shape index (κ2) is 5.07. The van der Waals surface area contributed by atoms with Crippen molar-refractivity contribution in [3.8, 4) is 0 Å². The van der Waals surface area contributed by atoms with E-state index in [1.165, 1.54) is 9.60 Å². The number of hydrogen-bond acceptors (Lipinski definition) is 5. The molecule has 0 unspecified atom stereocenters. The third-order valence-corrected chi connectivity index (χ3v) is 5.43. The number of thiazole rings is 1. The summed E-state index contributed by atoms with van der Waals surface area (Å²) in [6.45, 7) is 3.78. The molecular weight excluding hydrogens is 264 g/mol. The van der Waals surface area contributed by atoms with Crippen LogP contribution in [0, 0.1) is 6.92 Å². The Morgan fingerprint density at radius 2 is 2.17 bits per heavy atom. The van der Waals surface area contributed by atoms with E-state index < -0.39 is 0 Å². The van der Waals surface area contributed by atoms with Gasteiger partial charge in [0.25, 0.3) is 0 Å². The number of ether oxygens (including phenoxy) is 1. The number of aryl methyl sites for hydroxylation is 1. The Balaban J connectivity index is 1.88. The highest BCUT2D eigenvalue weighted by Crippen LogP contribution is 2.37. The lowest BCUT2D eigenvalue weighted by Crippen LogP contribution is -2.17. The largest absolute Gasteiger partial charge is 0.398 e. The molecule has 5 heteroatoms. The first-order valence-corrected chi connectivity index (χ1v) is 7.83. The normalized spacial score (nSPS) is 17.4. The lowest BCUT2D eigenvalue weighted by molar-refractivity contribution is 0.100. The van der Waals surface area contributed by atoms with Crippen LogP contribution in [0.2, 0.25) is 0 Å². The van der Waals surface area contributed by atoms with Gasteiger partial charge in [-0.25, -0.2) is 4.98 Å². The molecule has 1 fully saturated rings. The van der Waals surface area contributed by atoms with Gasteiger partial charge >= 0.3 is 0 Å². The summed E-state index contributed by atoms with van der Waals surface area (Å²) < 4.78 is 6.57. The second-order valence-corrected chi connectivity index (χ2v) is 7.10. The number of benzene rings is 1. The van der Waals surface area contributed by atoms with Gasteiger partial charge in [-0.3, -0.25) is 0 Å². The van der Waals surface area contributed by atoms with E-state index in [1.54, 1.807) is 11.3 Å². The molecule has 18 heavy (non-hydrogen) atoms. The summed E-state index contributed by atoms with van der Waals surface area (Å²) in [7, 11) is 0. The Bertz CT molecular complexity index is 561. The van der Waals surface area contributed by atoms with Crippen molar-refractivity contribution >= 4 is 39.0 Å². The molecule has 1 saturated heterocycles. The van der Waals surface area contributed by atoms with E-state index in [4.69, 9.17) is 10.5 Å². The highest BCUT2D eigenvalue weighted by Gasteiger charge is 2.17. The molecule has 3 rings (SSSR count). The summed E-state index contributed by atoms with van der Waals surface area (Å²) in [5, 5.41) is 1.72. The molecule has 0 atom stereocenters. The van der Waals surface area contributed by atoms with E-state index in [9.17, 15) is 0 Å². The van der Waals surface area contributed by atoms with Crippen LogP contribution >= 0.6 is 23.1 Å². The number of rotatable bonds is 2. The SMILES string of the molecule is Cc1nc2cc(SC3CCOCC3)c(N)cc2s1. The quantitative estimate of drug-likeness (QED) is 0.856. The molecule has 0 aliphatic carbocycles. The molecule has 0 saturated carbocycles. The molecule has 0 bridgehead atoms. The van der Waals surface area contributed by atoms with Gasteiger partial charge in [0.05, 0.1) is 15.2 Å². The molecule has 3 nitrogen and oxygen atoms in total. The van der Waals surface area contributed by atoms with Crippen LogP contribution in [0.1, 0.15) is 17.8 Å². The number of aromatic nitrogens is 1. The van der Waals surface area contributed by atoms with E-state index in [1.807, 2.05) is 18.7 Å². The minimum absolute atomic E-state index is 0.623. The minimum atomic E-state index is 0.623. The van der Waals surface area contributed by atoms with Crippen molar-refractivity contribution in [2.45, 2.75) is 29.9 Å². The number of thioether (sulfide) groups is 1. The molecule has 1 aliphatic heterocycles. The fraction of sp³-hybridized carbons (Fsp3) is 0.462. The van der Waals surface area contributed by atoms with Gasteiger partial charge in [0.2, 0.25) is 0 Å². The van der Waals surface area contributed by atoms with Crippen molar-refractivity contribution in [1.29, 1.82) is 0 Å². The summed E-state index contributed by atoms with van der Waals surface area (Å²) in [4.78, 5) is 5.70. The molecular formula is C13H16N2OS2. The fourth-order valence-electron chi connectivity index (χ4n) is 2.16. The van der Waals surface area contributed by atoms with Crippen molar-refractivity contribution in [1.82, 2.24) is 4.98 Å². The van der Waals surface area contributed by atoms with Gasteiger partial charge in [0, 0.05) is 29.0 Å². The monoisotopic (exact) mass is 280 g/mol. The zero-order chi connectivity index (χ0) is 12.5. The number of nitrogens with zero attached hydrogens (tertiary/aromatic N) is 1. The van der Waals surface area contributed by atoms with Crippen molar-refractivity contribution in [3.63, 3.8) is 0 Å². The van der Waals surface area contributed by atoms with E-state index in [-0.39, 0.29) is 0 Å². The van der Waals surface area contributed by atoms with Gasteiger partial charge in [-0.15, -0.1) is 23.1 Å². The van der Waals surface area contributed by atoms with Crippen LogP contribution in [0.25, 0.3) is 10.2 Å². The third kappa shape index (κ3) is 2.48. The Morgan fingerprint density at radius 1 is 1.39 bits per heavy atom. The first kappa shape index (κ1) is 12.3. The van der Waals surface area contributed by atoms with Gasteiger partial charge in [0.1, 0.15) is 0 Å². The maximum atomic E-state index is 6.14. The highest BCUT2D eigenvalue weighted by molar-refractivity contribution is 8.00. The molecule has 0 radical (unpaired) electrons. The van der Waals surface area contributed by atoms with Crippen molar-refractivity contribution in [2.24, 2.45) is 0 Å². The third-order valence-electron chi connectivity index (χ3n) is 3.09. The Morgan fingerprint density at radius 3 is 2.94 bits per heavy atom. The summed E-state index contributed by atoms with van der Waals surface area (Å²) in [6, 6.07) is 4.19. The molecule has 1 aliphatic rings. The smallest absolute Gasteiger partial charge is 0.0907 e. The summed E-state index contributed by atoms with van der Waals surface area (Å²) in [5.41, 5.74) is 8.09. The van der Waals surface area contributed by atoms with Crippen LogP contribution in [0.5, 0.6) is 0 Å². The van der Waals surface area contributed by atoms with Crippen LogP contribution in [-0.4, -0.2) is 23.4 Å². The predicted molar refractivity (Wildman–Crippen MR) is 78.5 cm³/mol. The molecule has 2 heterocycles. The summed E-state index contributed by atoms with van der Waals surface area (Å²) in [6.07, 6.45) is 2.22. The second-order valence-electron chi connectivity index (χ2n) is 4.52. The number of anilines is 1. The van der Waals surface area contributed by atoms with E-state index in [2.05, 4.69) is 17.1 Å². The molecule has 1 aromatic carbocycles. The van der Waals surface area contributed by atoms with E-state index in [0.29, 0.717) is 5.25 Å². The highest BCUT2D eigenvalue weighted by atomic mass is 32.2. The topological polar surface area (TPSA) is 48.1 Å². The molecule has 2 aromatic rings. The van der Waals surface area contributed by atoms with Crippen LogP contribution in [0.3, 0.4) is 0 Å². The Kier molecular flexibility index (Phi) is 3.46. The van der Waals surface area contributed by atoms with E-state index in [0.717, 1.165) is 42.3 Å². The van der Waals surface area contributed by atoms with Crippen LogP contribution in [0.4, 0.5) is 5.69 Å². The lowest BCUT2D eigenvalue weighted by atomic mass is 10.2. The van der Waals surface area contributed by atoms with Crippen molar-refractivity contribution in [2.75, 3.05) is 18.9 Å². The zero-order valence-electron chi connectivity index (χ0n) is 10.3. The van der Waals surface area contributed by atoms with Gasteiger partial charge in [-0.1, -0.05) is 0 Å². The minimum Gasteiger partial charge on any atom is -0.398 e. The molecule has 1 aromatic heterocycles. The van der Waals surface area contributed by atoms with Gasteiger partial charge in [-0.05, 0) is 31.9 Å². The van der Waals surface area contributed by atoms with Gasteiger partial charge in [-0.2, -0.15) is 0 Å². The van der Waals surface area contributed by atoms with Crippen LogP contribution < -0.4 is 5.73 Å². The molecule has 0 amide bonds. The number of fused-ring (bicyclic) bond motifs is 1. The maximum absolute atomic E-state index is 6.14. The van der Waals surface area contributed by atoms with Crippen LogP contribution in [-0.2, 0) is 4.74 Å². The first-order chi connectivity index (χ1) is 8.72. The summed E-state index contributed by atoms with van der Waals surface area (Å²) >= 11 is 3.58. The van der Waals surface area contributed by atoms with Crippen LogP contribution in [0.15, 0.2) is 17.0 Å². The Hall–Kier alpha value is -0.780. The van der Waals surface area contributed by atoms with E-state index >= 15 is 0 Å². The first-order valence-electron chi connectivity index (χ1n) is 6.13. The van der Waals surface area contributed by atoms with Crippen molar-refractivity contribution in [3.05, 3.63) is 17.1 Å². The predicted octanol–water partition coefficient (Wildman–Crippen LogP) is 3.46. The fourth-order valence-corrected chi connectivity index (χ4v) is 4.18. The standard InChI is InChI=1S/C13H16N2OS2/c1-8-15-11-7-12(10(14)6-13(11)17-8)18-9-2-4-16-5-3-9/h6-7,9H,2-5,14H2,1H3. The maximum Gasteiger partial charge on any atom is 0.0907 e. The Labute approximate surface area is 115 Å². The number of nitrogen functional groups attached to an aromatic ring is 1. The number of hydrogen-bond donors (Lipinski definition) is 1. The van der Waals surface area contributed by atoms with Crippen molar-refractivity contribution < 1.29 is 4.74 Å². The average Bonchev–Trinajstić information content (AvgIpc) is 2.70. The molecule has 2 N–H and O–H groups in total. The molecule has 0 spiro atoms.